The Kier molecular flexibility index (Phi) is 13.2. The van der Waals surface area contributed by atoms with Gasteiger partial charge in [-0.1, -0.05) is 81.5 Å². The van der Waals surface area contributed by atoms with Gasteiger partial charge in [-0.2, -0.15) is 8.42 Å². The van der Waals surface area contributed by atoms with Gasteiger partial charge in [-0.15, -0.1) is 0 Å². The van der Waals surface area contributed by atoms with Crippen LogP contribution in [0.2, 0.25) is 0 Å². The van der Waals surface area contributed by atoms with E-state index in [4.69, 9.17) is 13.6 Å². The second-order valence-electron chi connectivity index (χ2n) is 12.0. The van der Waals surface area contributed by atoms with Gasteiger partial charge in [-0.3, -0.25) is 18.7 Å². The zero-order chi connectivity index (χ0) is 34.0. The van der Waals surface area contributed by atoms with Gasteiger partial charge in [-0.05, 0) is 73.1 Å². The maximum absolute atomic E-state index is 13.8. The summed E-state index contributed by atoms with van der Waals surface area (Å²) in [5.74, 6) is -1.52. The van der Waals surface area contributed by atoms with Gasteiger partial charge in [0, 0.05) is 17.7 Å². The van der Waals surface area contributed by atoms with Crippen LogP contribution in [0.3, 0.4) is 0 Å². The monoisotopic (exact) mass is 669 g/mol. The van der Waals surface area contributed by atoms with Crippen molar-refractivity contribution in [1.29, 1.82) is 0 Å². The Morgan fingerprint density at radius 2 is 1.50 bits per heavy atom. The molecule has 0 bridgehead atoms. The van der Waals surface area contributed by atoms with E-state index >= 15 is 0 Å². The van der Waals surface area contributed by atoms with Crippen LogP contribution >= 0.6 is 7.60 Å². The summed E-state index contributed by atoms with van der Waals surface area (Å²) < 4.78 is 54.8. The third-order valence-electron chi connectivity index (χ3n) is 7.00. The highest BCUT2D eigenvalue weighted by molar-refractivity contribution is 7.85. The molecule has 0 heterocycles. The smallest absolute Gasteiger partial charge is 0.326 e. The van der Waals surface area contributed by atoms with Crippen molar-refractivity contribution in [3.63, 3.8) is 0 Å². The number of allylic oxidation sites excluding steroid dienone is 1. The number of anilines is 1. The Morgan fingerprint density at radius 3 is 2.02 bits per heavy atom. The predicted molar refractivity (Wildman–Crippen MR) is 183 cm³/mol. The molecular formula is C35H44NO8PS. The van der Waals surface area contributed by atoms with Crippen molar-refractivity contribution >= 4 is 46.5 Å². The highest BCUT2D eigenvalue weighted by atomic mass is 32.2. The van der Waals surface area contributed by atoms with Crippen molar-refractivity contribution < 1.29 is 36.2 Å². The molecule has 0 aliphatic carbocycles. The van der Waals surface area contributed by atoms with Crippen LogP contribution < -0.4 is 10.6 Å². The number of carbonyl (C=O) groups excluding carboxylic acids is 2. The minimum absolute atomic E-state index is 0.0104. The highest BCUT2D eigenvalue weighted by Crippen LogP contribution is 2.46. The Bertz CT molecular complexity index is 1630. The summed E-state index contributed by atoms with van der Waals surface area (Å²) >= 11 is 0. The third kappa shape index (κ3) is 11.8. The Morgan fingerprint density at radius 1 is 0.913 bits per heavy atom. The van der Waals surface area contributed by atoms with Crippen LogP contribution in [-0.4, -0.2) is 43.6 Å². The zero-order valence-electron chi connectivity index (χ0n) is 27.1. The van der Waals surface area contributed by atoms with Gasteiger partial charge in [-0.25, -0.2) is 0 Å². The van der Waals surface area contributed by atoms with Gasteiger partial charge in [0.1, 0.15) is 0 Å². The topological polar surface area (TPSA) is 136 Å². The number of benzene rings is 3. The summed E-state index contributed by atoms with van der Waals surface area (Å²) in [5.41, 5.74) is 3.62. The minimum atomic E-state index is -4.12. The third-order valence-corrected chi connectivity index (χ3v) is 9.93. The number of amides is 1. The summed E-state index contributed by atoms with van der Waals surface area (Å²) in [6, 6.07) is 21.3. The molecule has 0 radical (unpaired) electrons. The molecule has 248 valence electrons. The van der Waals surface area contributed by atoms with E-state index < -0.39 is 29.4 Å². The molecule has 0 saturated heterocycles. The fourth-order valence-corrected chi connectivity index (χ4v) is 6.73. The Balaban J connectivity index is 1.84. The number of hydrogen-bond acceptors (Lipinski definition) is 7. The molecule has 0 aromatic heterocycles. The van der Waals surface area contributed by atoms with Gasteiger partial charge in [0.25, 0.3) is 10.1 Å². The Hall–Kier alpha value is -3.40. The molecule has 1 atom stereocenters. The van der Waals surface area contributed by atoms with Crippen LogP contribution in [0.25, 0.3) is 6.08 Å². The van der Waals surface area contributed by atoms with Gasteiger partial charge >= 0.3 is 7.60 Å². The van der Waals surface area contributed by atoms with E-state index in [1.54, 1.807) is 62.4 Å². The maximum atomic E-state index is 13.8. The van der Waals surface area contributed by atoms with E-state index in [9.17, 15) is 22.6 Å². The Labute approximate surface area is 272 Å². The number of ketones is 1. The summed E-state index contributed by atoms with van der Waals surface area (Å²) in [4.78, 5) is 26.3. The van der Waals surface area contributed by atoms with Crippen molar-refractivity contribution in [2.45, 2.75) is 59.8 Å². The van der Waals surface area contributed by atoms with Crippen LogP contribution in [0.15, 0.2) is 78.9 Å². The van der Waals surface area contributed by atoms with Crippen molar-refractivity contribution in [1.82, 2.24) is 0 Å². The second-order valence-corrected chi connectivity index (χ2v) is 15.6. The van der Waals surface area contributed by atoms with Crippen LogP contribution in [-0.2, 0) is 34.9 Å². The van der Waals surface area contributed by atoms with E-state index in [2.05, 4.69) is 38.2 Å². The van der Waals surface area contributed by atoms with E-state index in [0.717, 1.165) is 16.7 Å². The first-order chi connectivity index (χ1) is 21.6. The lowest BCUT2D eigenvalue weighted by Gasteiger charge is -2.19. The van der Waals surface area contributed by atoms with E-state index in [-0.39, 0.29) is 43.2 Å². The van der Waals surface area contributed by atoms with Crippen molar-refractivity contribution in [2.24, 2.45) is 5.41 Å². The van der Waals surface area contributed by atoms with Gasteiger partial charge in [0.05, 0.1) is 30.2 Å². The normalized spacial score (nSPS) is 13.1. The highest BCUT2D eigenvalue weighted by Gasteiger charge is 2.27. The fourth-order valence-electron chi connectivity index (χ4n) is 4.65. The van der Waals surface area contributed by atoms with E-state index in [0.29, 0.717) is 23.0 Å². The van der Waals surface area contributed by atoms with Gasteiger partial charge < -0.3 is 14.4 Å². The molecule has 1 amide bonds. The molecule has 3 rings (SSSR count). The first-order valence-electron chi connectivity index (χ1n) is 15.3. The van der Waals surface area contributed by atoms with Crippen molar-refractivity contribution in [3.05, 3.63) is 101 Å². The molecule has 11 heteroatoms. The average molecular weight is 670 g/mol. The number of Topliss-reactive ketones (excluding diaryl/α,β-unsaturated/α-hetero) is 1. The summed E-state index contributed by atoms with van der Waals surface area (Å²) in [6.45, 7) is 10.3. The van der Waals surface area contributed by atoms with Gasteiger partial charge in [0.15, 0.2) is 5.78 Å². The van der Waals surface area contributed by atoms with Crippen molar-refractivity contribution in [2.75, 3.05) is 24.3 Å². The van der Waals surface area contributed by atoms with Crippen molar-refractivity contribution in [3.8, 4) is 0 Å². The first-order valence-corrected chi connectivity index (χ1v) is 18.4. The average Bonchev–Trinajstić information content (AvgIpc) is 2.99. The van der Waals surface area contributed by atoms with E-state index in [1.165, 1.54) is 0 Å². The molecule has 3 aromatic carbocycles. The molecule has 3 aromatic rings. The van der Waals surface area contributed by atoms with Crippen LogP contribution in [0, 0.1) is 5.41 Å². The minimum Gasteiger partial charge on any atom is -0.326 e. The standard InChI is InChI=1S/C35H44NO8PS/c1-6-43-45(39,44-7-2)31-20-18-30(19-21-31)36-34(38)32(28-14-10-26(11-15-28)22-23-35(3,4)5)25-27-12-16-29(17-13-27)33(37)9-8-24-46(40,41)42/h10-23,32H,6-9,24-25H2,1-5H3,(H,36,38)(H,40,41,42)/b23-22+. The summed E-state index contributed by atoms with van der Waals surface area (Å²) in [7, 11) is -7.59. The van der Waals surface area contributed by atoms with Crippen LogP contribution in [0.1, 0.15) is 80.4 Å². The zero-order valence-corrected chi connectivity index (χ0v) is 28.8. The number of nitrogens with one attached hydrogen (secondary N) is 1. The molecule has 0 aliphatic heterocycles. The van der Waals surface area contributed by atoms with E-state index in [1.807, 2.05) is 24.3 Å². The molecule has 9 nitrogen and oxygen atoms in total. The predicted octanol–water partition coefficient (Wildman–Crippen LogP) is 7.45. The largest absolute Gasteiger partial charge is 0.361 e. The first kappa shape index (κ1) is 37.1. The lowest BCUT2D eigenvalue weighted by Crippen LogP contribution is -2.23. The molecule has 1 unspecified atom stereocenters. The number of rotatable bonds is 16. The van der Waals surface area contributed by atoms with Gasteiger partial charge in [0.2, 0.25) is 5.91 Å². The summed E-state index contributed by atoms with van der Waals surface area (Å²) in [6.07, 6.45) is 4.54. The second kappa shape index (κ2) is 16.4. The molecule has 0 aliphatic rings. The number of hydrogen-bond donors (Lipinski definition) is 2. The molecule has 0 fully saturated rings. The molecule has 46 heavy (non-hydrogen) atoms. The van der Waals surface area contributed by atoms with Crippen LogP contribution in [0.4, 0.5) is 5.69 Å². The maximum Gasteiger partial charge on any atom is 0.361 e. The molecular weight excluding hydrogens is 625 g/mol. The molecule has 0 saturated carbocycles. The quantitative estimate of drug-likeness (QED) is 0.0912. The summed E-state index contributed by atoms with van der Waals surface area (Å²) in [5, 5.41) is 3.38. The lowest BCUT2D eigenvalue weighted by atomic mass is 9.89. The molecule has 0 spiro atoms. The van der Waals surface area contributed by atoms with Crippen LogP contribution in [0.5, 0.6) is 0 Å². The molecule has 2 N–H and O–H groups in total. The lowest BCUT2D eigenvalue weighted by molar-refractivity contribution is -0.117. The SMILES string of the molecule is CCOP(=O)(OCC)c1ccc(NC(=O)C(Cc2ccc(C(=O)CCCS(=O)(=O)O)cc2)c2ccc(/C=C/C(C)(C)C)cc2)cc1. The number of carbonyl (C=O) groups is 2. The fraction of sp³-hybridized carbons (Fsp3) is 0.371.